The topological polar surface area (TPSA) is 24.1 Å². The zero-order valence-corrected chi connectivity index (χ0v) is 10.9. The summed E-state index contributed by atoms with van der Waals surface area (Å²) in [5.74, 6) is 0. The zero-order valence-electron chi connectivity index (χ0n) is 10.9. The minimum atomic E-state index is 0.289. The van der Waals surface area contributed by atoms with Crippen molar-refractivity contribution in [2.75, 3.05) is 0 Å². The first-order valence-electron chi connectivity index (χ1n) is 6.38. The minimum Gasteiger partial charge on any atom is -0.250 e. The minimum absolute atomic E-state index is 0.289. The van der Waals surface area contributed by atoms with E-state index in [4.69, 9.17) is 0 Å². The van der Waals surface area contributed by atoms with Crippen LogP contribution in [-0.2, 0) is 0 Å². The lowest BCUT2D eigenvalue weighted by Gasteiger charge is -2.20. The molecule has 2 heteroatoms. The van der Waals surface area contributed by atoms with E-state index in [0.717, 1.165) is 0 Å². The molecule has 0 aromatic heterocycles. The molecule has 18 heavy (non-hydrogen) atoms. The van der Waals surface area contributed by atoms with E-state index in [2.05, 4.69) is 73.2 Å². The molecule has 0 saturated carbocycles. The van der Waals surface area contributed by atoms with E-state index in [9.17, 15) is 0 Å². The van der Waals surface area contributed by atoms with Gasteiger partial charge in [-0.05, 0) is 25.0 Å². The first kappa shape index (κ1) is 12.8. The van der Waals surface area contributed by atoms with Gasteiger partial charge in [0.25, 0.3) is 0 Å². The van der Waals surface area contributed by atoms with Crippen molar-refractivity contribution in [1.29, 1.82) is 0 Å². The van der Waals surface area contributed by atoms with Gasteiger partial charge < -0.3 is 0 Å². The third kappa shape index (κ3) is 3.42. The Morgan fingerprint density at radius 1 is 0.611 bits per heavy atom. The predicted molar refractivity (Wildman–Crippen MR) is 76.0 cm³/mol. The van der Waals surface area contributed by atoms with Crippen LogP contribution in [0.2, 0.25) is 0 Å². The third-order valence-electron chi connectivity index (χ3n) is 3.12. The lowest BCUT2D eigenvalue weighted by Crippen LogP contribution is -2.36. The maximum absolute atomic E-state index is 3.35. The van der Waals surface area contributed by atoms with Crippen LogP contribution in [0.5, 0.6) is 0 Å². The number of hydrogen-bond donors (Lipinski definition) is 2. The Labute approximate surface area is 109 Å². The molecule has 2 atom stereocenters. The molecular weight excluding hydrogens is 220 g/mol. The van der Waals surface area contributed by atoms with E-state index < -0.39 is 0 Å². The molecule has 0 saturated heterocycles. The van der Waals surface area contributed by atoms with Gasteiger partial charge in [-0.3, -0.25) is 10.9 Å². The van der Waals surface area contributed by atoms with Crippen LogP contribution in [-0.4, -0.2) is 0 Å². The SMILES string of the molecule is CC(NN[C@H](C)c1ccccc1)c1ccccc1. The largest absolute Gasteiger partial charge is 0.250 e. The average Bonchev–Trinajstić information content (AvgIpc) is 2.46. The number of rotatable bonds is 5. The summed E-state index contributed by atoms with van der Waals surface area (Å²) < 4.78 is 0. The van der Waals surface area contributed by atoms with Gasteiger partial charge in [0.05, 0.1) is 0 Å². The van der Waals surface area contributed by atoms with Crippen LogP contribution < -0.4 is 10.9 Å². The molecule has 0 amide bonds. The highest BCUT2D eigenvalue weighted by atomic mass is 15.4. The molecule has 2 rings (SSSR count). The summed E-state index contributed by atoms with van der Waals surface area (Å²) >= 11 is 0. The lowest BCUT2D eigenvalue weighted by molar-refractivity contribution is 0.411. The van der Waals surface area contributed by atoms with E-state index in [1.165, 1.54) is 11.1 Å². The van der Waals surface area contributed by atoms with Crippen LogP contribution >= 0.6 is 0 Å². The summed E-state index contributed by atoms with van der Waals surface area (Å²) in [7, 11) is 0. The van der Waals surface area contributed by atoms with Gasteiger partial charge in [0.15, 0.2) is 0 Å². The highest BCUT2D eigenvalue weighted by Crippen LogP contribution is 2.13. The quantitative estimate of drug-likeness (QED) is 0.780. The summed E-state index contributed by atoms with van der Waals surface area (Å²) in [5, 5.41) is 0. The Hall–Kier alpha value is -1.64. The summed E-state index contributed by atoms with van der Waals surface area (Å²) in [5.41, 5.74) is 9.26. The van der Waals surface area contributed by atoms with Crippen LogP contribution in [0.25, 0.3) is 0 Å². The second-order valence-electron chi connectivity index (χ2n) is 4.55. The fraction of sp³-hybridized carbons (Fsp3) is 0.250. The molecule has 1 unspecified atom stereocenters. The molecule has 2 aromatic carbocycles. The van der Waals surface area contributed by atoms with Crippen molar-refractivity contribution in [2.24, 2.45) is 0 Å². The molecule has 0 aliphatic rings. The Morgan fingerprint density at radius 3 is 1.28 bits per heavy atom. The number of hydrazine groups is 1. The molecule has 0 spiro atoms. The van der Waals surface area contributed by atoms with Crippen molar-refractivity contribution in [3.8, 4) is 0 Å². The van der Waals surface area contributed by atoms with Crippen molar-refractivity contribution < 1.29 is 0 Å². The van der Waals surface area contributed by atoms with Crippen molar-refractivity contribution in [1.82, 2.24) is 10.9 Å². The Balaban J connectivity index is 1.89. The predicted octanol–water partition coefficient (Wildman–Crippen LogP) is 3.60. The van der Waals surface area contributed by atoms with Gasteiger partial charge in [-0.2, -0.15) is 0 Å². The van der Waals surface area contributed by atoms with Crippen molar-refractivity contribution >= 4 is 0 Å². The van der Waals surface area contributed by atoms with E-state index in [-0.39, 0.29) is 12.1 Å². The van der Waals surface area contributed by atoms with Crippen LogP contribution in [0.3, 0.4) is 0 Å². The number of nitrogens with one attached hydrogen (secondary N) is 2. The van der Waals surface area contributed by atoms with Crippen LogP contribution in [0.1, 0.15) is 37.1 Å². The Bertz CT molecular complexity index is 408. The van der Waals surface area contributed by atoms with Crippen LogP contribution in [0.15, 0.2) is 60.7 Å². The van der Waals surface area contributed by atoms with Crippen LogP contribution in [0, 0.1) is 0 Å². The maximum atomic E-state index is 3.35. The second kappa shape index (κ2) is 6.34. The molecule has 0 radical (unpaired) electrons. The fourth-order valence-electron chi connectivity index (χ4n) is 1.90. The lowest BCUT2D eigenvalue weighted by atomic mass is 10.1. The molecule has 0 aliphatic carbocycles. The summed E-state index contributed by atoms with van der Waals surface area (Å²) in [6.45, 7) is 4.31. The van der Waals surface area contributed by atoms with Gasteiger partial charge in [0.2, 0.25) is 0 Å². The maximum Gasteiger partial charge on any atom is 0.0434 e. The van der Waals surface area contributed by atoms with Crippen molar-refractivity contribution in [3.05, 3.63) is 71.8 Å². The molecule has 0 fully saturated rings. The standard InChI is InChI=1S/C16H20N2/c1-13(15-9-5-3-6-10-15)17-18-14(2)16-11-7-4-8-12-16/h3-14,17-18H,1-2H3/t13-,14?/m1/s1. The molecule has 0 aliphatic heterocycles. The van der Waals surface area contributed by atoms with Crippen molar-refractivity contribution in [2.45, 2.75) is 25.9 Å². The van der Waals surface area contributed by atoms with Gasteiger partial charge >= 0.3 is 0 Å². The molecule has 2 N–H and O–H groups in total. The summed E-state index contributed by atoms with van der Waals surface area (Å²) in [6.07, 6.45) is 0. The number of benzene rings is 2. The highest BCUT2D eigenvalue weighted by molar-refractivity contribution is 5.19. The Morgan fingerprint density at radius 2 is 0.944 bits per heavy atom. The molecule has 2 aromatic rings. The second-order valence-corrected chi connectivity index (χ2v) is 4.55. The molecule has 0 heterocycles. The zero-order chi connectivity index (χ0) is 12.8. The van der Waals surface area contributed by atoms with E-state index in [0.29, 0.717) is 0 Å². The van der Waals surface area contributed by atoms with Gasteiger partial charge in [-0.1, -0.05) is 60.7 Å². The summed E-state index contributed by atoms with van der Waals surface area (Å²) in [6, 6.07) is 21.4. The smallest absolute Gasteiger partial charge is 0.0434 e. The third-order valence-corrected chi connectivity index (χ3v) is 3.12. The van der Waals surface area contributed by atoms with E-state index in [1.807, 2.05) is 12.1 Å². The van der Waals surface area contributed by atoms with E-state index in [1.54, 1.807) is 0 Å². The van der Waals surface area contributed by atoms with Crippen molar-refractivity contribution in [3.63, 3.8) is 0 Å². The number of hydrogen-bond acceptors (Lipinski definition) is 2. The molecule has 2 nitrogen and oxygen atoms in total. The van der Waals surface area contributed by atoms with Gasteiger partial charge in [0, 0.05) is 12.1 Å². The molecular formula is C16H20N2. The first-order chi connectivity index (χ1) is 8.77. The summed E-state index contributed by atoms with van der Waals surface area (Å²) in [4.78, 5) is 0. The van der Waals surface area contributed by atoms with Crippen LogP contribution in [0.4, 0.5) is 0 Å². The van der Waals surface area contributed by atoms with E-state index >= 15 is 0 Å². The fourth-order valence-corrected chi connectivity index (χ4v) is 1.90. The normalized spacial score (nSPS) is 14.1. The van der Waals surface area contributed by atoms with Gasteiger partial charge in [0.1, 0.15) is 0 Å². The first-order valence-corrected chi connectivity index (χ1v) is 6.38. The van der Waals surface area contributed by atoms with Gasteiger partial charge in [-0.25, -0.2) is 0 Å². The van der Waals surface area contributed by atoms with Gasteiger partial charge in [-0.15, -0.1) is 0 Å². The monoisotopic (exact) mass is 240 g/mol. The molecule has 0 bridgehead atoms. The molecule has 94 valence electrons. The average molecular weight is 240 g/mol. The highest BCUT2D eigenvalue weighted by Gasteiger charge is 2.07. The Kier molecular flexibility index (Phi) is 4.51.